The number of amides is 1. The van der Waals surface area contributed by atoms with Crippen molar-refractivity contribution in [2.45, 2.75) is 37.9 Å². The van der Waals surface area contributed by atoms with Crippen LogP contribution < -0.4 is 10.1 Å². The number of H-pyrrole nitrogens is 1. The number of aromatic amines is 1. The van der Waals surface area contributed by atoms with Crippen LogP contribution in [0.2, 0.25) is 0 Å². The standard InChI is InChI=1S/C33H34N4O2.C2HF3O2/c1-39-32-8-4-3-7-26(32)29-21-34-33(38)28(29)19-25-13-15-27-30(35-36-31(27)20-25)16-14-23-9-11-24(12-10-23)22-37-17-5-2-6-18-37;3-2(4,5)1(6)7/h3-4,7-16,19-20,29H,2,5-6,17-18,21-22H2,1H3,(H,34,38)(H,35,36);(H,6,7)/b16-14+,28-19+;. The molecule has 2 aliphatic heterocycles. The van der Waals surface area contributed by atoms with E-state index in [4.69, 9.17) is 14.6 Å². The average Bonchev–Trinajstić information content (AvgIpc) is 3.63. The van der Waals surface area contributed by atoms with E-state index in [0.29, 0.717) is 6.54 Å². The van der Waals surface area contributed by atoms with E-state index >= 15 is 0 Å². The molecule has 0 saturated carbocycles. The number of hydrogen-bond donors (Lipinski definition) is 3. The van der Waals surface area contributed by atoms with Crippen molar-refractivity contribution in [3.8, 4) is 5.75 Å². The van der Waals surface area contributed by atoms with Crippen LogP contribution in [-0.4, -0.2) is 65.0 Å². The first kappa shape index (κ1) is 32.5. The van der Waals surface area contributed by atoms with Gasteiger partial charge in [-0.25, -0.2) is 4.79 Å². The molecule has 1 atom stereocenters. The highest BCUT2D eigenvalue weighted by atomic mass is 19.4. The number of methoxy groups -OCH3 is 1. The highest BCUT2D eigenvalue weighted by molar-refractivity contribution is 6.02. The van der Waals surface area contributed by atoms with Gasteiger partial charge in [0, 0.05) is 35.5 Å². The summed E-state index contributed by atoms with van der Waals surface area (Å²) in [6.45, 7) is 4.02. The van der Waals surface area contributed by atoms with Crippen molar-refractivity contribution in [1.29, 1.82) is 0 Å². The Labute approximate surface area is 264 Å². The Morgan fingerprint density at radius 3 is 2.41 bits per heavy atom. The summed E-state index contributed by atoms with van der Waals surface area (Å²) in [6, 6.07) is 22.9. The number of ether oxygens (including phenoxy) is 1. The van der Waals surface area contributed by atoms with Crippen LogP contribution in [0, 0.1) is 0 Å². The Morgan fingerprint density at radius 2 is 1.72 bits per heavy atom. The van der Waals surface area contributed by atoms with Crippen LogP contribution in [0.4, 0.5) is 13.2 Å². The van der Waals surface area contributed by atoms with Crippen molar-refractivity contribution in [2.24, 2.45) is 0 Å². The second-order valence-electron chi connectivity index (χ2n) is 11.2. The lowest BCUT2D eigenvalue weighted by Crippen LogP contribution is -2.28. The summed E-state index contributed by atoms with van der Waals surface area (Å²) in [4.78, 5) is 24.2. The number of carbonyl (C=O) groups is 2. The van der Waals surface area contributed by atoms with Crippen molar-refractivity contribution < 1.29 is 32.6 Å². The zero-order valence-corrected chi connectivity index (χ0v) is 25.3. The van der Waals surface area contributed by atoms with Crippen LogP contribution in [-0.2, 0) is 16.1 Å². The van der Waals surface area contributed by atoms with Gasteiger partial charge >= 0.3 is 12.1 Å². The van der Waals surface area contributed by atoms with Crippen LogP contribution in [0.15, 0.2) is 72.3 Å². The molecule has 1 unspecified atom stereocenters. The lowest BCUT2D eigenvalue weighted by molar-refractivity contribution is -0.192. The third-order valence-corrected chi connectivity index (χ3v) is 8.07. The molecular formula is C35H35F3N4O4. The van der Waals surface area contributed by atoms with E-state index in [-0.39, 0.29) is 11.8 Å². The number of aliphatic carboxylic acids is 1. The number of hydrogen-bond acceptors (Lipinski definition) is 5. The summed E-state index contributed by atoms with van der Waals surface area (Å²) in [5, 5.41) is 18.9. The van der Waals surface area contributed by atoms with Gasteiger partial charge in [-0.3, -0.25) is 14.8 Å². The lowest BCUT2D eigenvalue weighted by Gasteiger charge is -2.26. The van der Waals surface area contributed by atoms with E-state index in [1.54, 1.807) is 7.11 Å². The van der Waals surface area contributed by atoms with E-state index in [0.717, 1.165) is 51.2 Å². The van der Waals surface area contributed by atoms with Gasteiger partial charge in [0.1, 0.15) is 5.75 Å². The van der Waals surface area contributed by atoms with E-state index < -0.39 is 12.1 Å². The average molecular weight is 633 g/mol. The van der Waals surface area contributed by atoms with Gasteiger partial charge in [0.25, 0.3) is 0 Å². The molecule has 46 heavy (non-hydrogen) atoms. The smallest absolute Gasteiger partial charge is 0.490 e. The number of aromatic nitrogens is 2. The van der Waals surface area contributed by atoms with Gasteiger partial charge in [0.15, 0.2) is 0 Å². The number of nitrogens with zero attached hydrogens (tertiary/aromatic N) is 2. The fourth-order valence-corrected chi connectivity index (χ4v) is 5.70. The molecule has 0 aliphatic carbocycles. The number of carboxylic acid groups (broad SMARTS) is 1. The fourth-order valence-electron chi connectivity index (χ4n) is 5.70. The molecule has 3 aromatic carbocycles. The maximum atomic E-state index is 12.7. The van der Waals surface area contributed by atoms with Crippen LogP contribution in [0.3, 0.4) is 0 Å². The van der Waals surface area contributed by atoms with Gasteiger partial charge in [0.2, 0.25) is 5.91 Å². The first-order valence-corrected chi connectivity index (χ1v) is 15.0. The van der Waals surface area contributed by atoms with Gasteiger partial charge < -0.3 is 15.2 Å². The van der Waals surface area contributed by atoms with Crippen molar-refractivity contribution in [1.82, 2.24) is 20.4 Å². The molecular weight excluding hydrogens is 597 g/mol. The summed E-state index contributed by atoms with van der Waals surface area (Å²) in [6.07, 6.45) is 5.05. The highest BCUT2D eigenvalue weighted by Gasteiger charge is 2.38. The van der Waals surface area contributed by atoms with E-state index in [9.17, 15) is 18.0 Å². The number of carbonyl (C=O) groups excluding carboxylic acids is 1. The summed E-state index contributed by atoms with van der Waals surface area (Å²) < 4.78 is 37.3. The molecule has 1 aromatic heterocycles. The minimum absolute atomic E-state index is 0.0406. The third kappa shape index (κ3) is 8.02. The number of fused-ring (bicyclic) bond motifs is 1. The second kappa shape index (κ2) is 14.5. The molecule has 8 nitrogen and oxygen atoms in total. The minimum Gasteiger partial charge on any atom is -0.496 e. The second-order valence-corrected chi connectivity index (χ2v) is 11.2. The van der Waals surface area contributed by atoms with Crippen molar-refractivity contribution >= 4 is 41.0 Å². The number of nitrogens with one attached hydrogen (secondary N) is 2. The SMILES string of the molecule is COc1ccccc1C1CNC(=O)/C1=C/c1ccc2c(/C=C/c3ccc(CN4CCCCC4)cc3)n[nH]c2c1.O=C(O)C(F)(F)F. The zero-order chi connectivity index (χ0) is 32.7. The number of benzene rings is 3. The summed E-state index contributed by atoms with van der Waals surface area (Å²) in [5.41, 5.74) is 7.06. The molecule has 3 N–H and O–H groups in total. The highest BCUT2D eigenvalue weighted by Crippen LogP contribution is 2.35. The van der Waals surface area contributed by atoms with Gasteiger partial charge in [-0.05, 0) is 73.0 Å². The van der Waals surface area contributed by atoms with Crippen LogP contribution in [0.5, 0.6) is 5.75 Å². The molecule has 3 heterocycles. The van der Waals surface area contributed by atoms with Gasteiger partial charge in [-0.1, -0.05) is 61.0 Å². The number of para-hydroxylation sites is 1. The first-order chi connectivity index (χ1) is 22.1. The molecule has 4 aromatic rings. The predicted molar refractivity (Wildman–Crippen MR) is 171 cm³/mol. The van der Waals surface area contributed by atoms with Crippen LogP contribution >= 0.6 is 0 Å². The van der Waals surface area contributed by atoms with Crippen molar-refractivity contribution in [3.63, 3.8) is 0 Å². The number of alkyl halides is 3. The van der Waals surface area contributed by atoms with E-state index in [2.05, 4.69) is 62.9 Å². The molecule has 0 bridgehead atoms. The number of rotatable bonds is 7. The topological polar surface area (TPSA) is 108 Å². The first-order valence-electron chi connectivity index (χ1n) is 15.0. The largest absolute Gasteiger partial charge is 0.496 e. The minimum atomic E-state index is -5.08. The third-order valence-electron chi connectivity index (χ3n) is 8.07. The Balaban J connectivity index is 0.000000537. The summed E-state index contributed by atoms with van der Waals surface area (Å²) >= 11 is 0. The Kier molecular flexibility index (Phi) is 10.2. The van der Waals surface area contributed by atoms with Crippen LogP contribution in [0.25, 0.3) is 29.1 Å². The molecule has 1 amide bonds. The van der Waals surface area contributed by atoms with Gasteiger partial charge in [-0.2, -0.15) is 18.3 Å². The van der Waals surface area contributed by atoms with E-state index in [1.807, 2.05) is 42.5 Å². The number of piperidine rings is 1. The quantitative estimate of drug-likeness (QED) is 0.197. The predicted octanol–water partition coefficient (Wildman–Crippen LogP) is 6.66. The van der Waals surface area contributed by atoms with Crippen molar-refractivity contribution in [3.05, 3.63) is 100 Å². The molecule has 2 saturated heterocycles. The summed E-state index contributed by atoms with van der Waals surface area (Å²) in [7, 11) is 1.66. The van der Waals surface area contributed by atoms with Gasteiger partial charge in [0.05, 0.1) is 18.3 Å². The lowest BCUT2D eigenvalue weighted by atomic mass is 9.91. The number of likely N-dealkylation sites (tertiary alicyclic amines) is 1. The number of halogens is 3. The van der Waals surface area contributed by atoms with E-state index in [1.165, 1.54) is 37.9 Å². The normalized spacial score (nSPS) is 18.0. The molecule has 240 valence electrons. The molecule has 11 heteroatoms. The monoisotopic (exact) mass is 632 g/mol. The molecule has 2 aliphatic rings. The number of carboxylic acids is 1. The summed E-state index contributed by atoms with van der Waals surface area (Å²) in [5.74, 6) is -2.06. The molecule has 2 fully saturated rings. The fraction of sp³-hybridized carbons (Fsp3) is 0.286. The van der Waals surface area contributed by atoms with Crippen LogP contribution in [0.1, 0.15) is 53.1 Å². The molecule has 0 spiro atoms. The Bertz CT molecular complexity index is 1740. The molecule has 6 rings (SSSR count). The Morgan fingerprint density at radius 1 is 1.02 bits per heavy atom. The Hall–Kier alpha value is -4.90. The maximum Gasteiger partial charge on any atom is 0.490 e. The van der Waals surface area contributed by atoms with Gasteiger partial charge in [-0.15, -0.1) is 0 Å². The maximum absolute atomic E-state index is 12.7. The zero-order valence-electron chi connectivity index (χ0n) is 25.3. The molecule has 0 radical (unpaired) electrons. The van der Waals surface area contributed by atoms with Crippen molar-refractivity contribution in [2.75, 3.05) is 26.7 Å².